The van der Waals surface area contributed by atoms with E-state index in [0.717, 1.165) is 16.7 Å². The molecule has 2 heterocycles. The van der Waals surface area contributed by atoms with Crippen molar-refractivity contribution >= 4 is 27.5 Å². The zero-order chi connectivity index (χ0) is 19.8. The third-order valence-corrected chi connectivity index (χ3v) is 7.28. The summed E-state index contributed by atoms with van der Waals surface area (Å²) in [5, 5.41) is 7.98. The number of amides is 1. The predicted octanol–water partition coefficient (Wildman–Crippen LogP) is 2.48. The molecule has 146 valence electrons. The van der Waals surface area contributed by atoms with Crippen LogP contribution in [-0.2, 0) is 14.6 Å². The Kier molecular flexibility index (Phi) is 5.62. The molecule has 0 N–H and O–H groups in total. The molecule has 0 spiro atoms. The van der Waals surface area contributed by atoms with Gasteiger partial charge < -0.3 is 9.32 Å². The number of carbonyl (C=O) groups excluding carboxylic acids is 1. The molecular weight excluding hydrogens is 386 g/mol. The molecule has 1 aromatic carbocycles. The molecule has 0 bridgehead atoms. The number of hydrogen-bond acceptors (Lipinski definition) is 7. The van der Waals surface area contributed by atoms with Gasteiger partial charge in [0.1, 0.15) is 0 Å². The smallest absolute Gasteiger partial charge is 0.277 e. The fraction of sp³-hybridized carbons (Fsp3) is 0.500. The minimum absolute atomic E-state index is 0.0318. The summed E-state index contributed by atoms with van der Waals surface area (Å²) in [5.41, 5.74) is 3.06. The lowest BCUT2D eigenvalue weighted by atomic mass is 10.1. The zero-order valence-corrected chi connectivity index (χ0v) is 17.4. The summed E-state index contributed by atoms with van der Waals surface area (Å²) in [4.78, 5) is 14.2. The summed E-state index contributed by atoms with van der Waals surface area (Å²) in [6.45, 7) is 5.76. The van der Waals surface area contributed by atoms with Crippen LogP contribution in [0.4, 0.5) is 0 Å². The summed E-state index contributed by atoms with van der Waals surface area (Å²) in [6, 6.07) is 5.74. The Labute approximate surface area is 163 Å². The lowest BCUT2D eigenvalue weighted by Gasteiger charge is -2.25. The van der Waals surface area contributed by atoms with E-state index >= 15 is 0 Å². The van der Waals surface area contributed by atoms with Gasteiger partial charge >= 0.3 is 0 Å². The third kappa shape index (κ3) is 4.70. The standard InChI is InChI=1S/C18H23N3O4S2/c1-11-7-12(2)9-14(8-11)16-19-20-18(25-16)26-13(3)17(22)21(4)15-5-6-27(23,24)10-15/h7-9,13,15H,5-6,10H2,1-4H3/t13-,15+/m1/s1. The molecular formula is C18H23N3O4S2. The topological polar surface area (TPSA) is 93.4 Å². The zero-order valence-electron chi connectivity index (χ0n) is 15.8. The van der Waals surface area contributed by atoms with Crippen LogP contribution in [0, 0.1) is 13.8 Å². The highest BCUT2D eigenvalue weighted by atomic mass is 32.2. The highest BCUT2D eigenvalue weighted by Crippen LogP contribution is 2.28. The fourth-order valence-electron chi connectivity index (χ4n) is 3.22. The van der Waals surface area contributed by atoms with Crippen LogP contribution in [0.2, 0.25) is 0 Å². The van der Waals surface area contributed by atoms with Crippen molar-refractivity contribution in [3.8, 4) is 11.5 Å². The first-order valence-electron chi connectivity index (χ1n) is 8.70. The van der Waals surface area contributed by atoms with Crippen molar-refractivity contribution in [3.05, 3.63) is 29.3 Å². The molecule has 9 heteroatoms. The van der Waals surface area contributed by atoms with Gasteiger partial charge in [0.2, 0.25) is 11.8 Å². The van der Waals surface area contributed by atoms with Crippen molar-refractivity contribution in [2.45, 2.75) is 43.7 Å². The number of carbonyl (C=O) groups is 1. The number of rotatable bonds is 5. The van der Waals surface area contributed by atoms with Gasteiger partial charge in [0.25, 0.3) is 5.22 Å². The molecule has 7 nitrogen and oxygen atoms in total. The van der Waals surface area contributed by atoms with Crippen molar-refractivity contribution in [2.75, 3.05) is 18.6 Å². The lowest BCUT2D eigenvalue weighted by Crippen LogP contribution is -2.41. The van der Waals surface area contributed by atoms with Gasteiger partial charge in [-0.25, -0.2) is 8.42 Å². The van der Waals surface area contributed by atoms with Crippen molar-refractivity contribution in [1.29, 1.82) is 0 Å². The van der Waals surface area contributed by atoms with E-state index < -0.39 is 15.1 Å². The van der Waals surface area contributed by atoms with Crippen LogP contribution in [0.25, 0.3) is 11.5 Å². The first-order chi connectivity index (χ1) is 12.6. The van der Waals surface area contributed by atoms with Crippen LogP contribution in [0.1, 0.15) is 24.5 Å². The number of sulfone groups is 1. The minimum Gasteiger partial charge on any atom is -0.411 e. The fourth-order valence-corrected chi connectivity index (χ4v) is 5.78. The maximum Gasteiger partial charge on any atom is 0.277 e. The van der Waals surface area contributed by atoms with Crippen LogP contribution >= 0.6 is 11.8 Å². The Hall–Kier alpha value is -1.87. The molecule has 2 aromatic rings. The Bertz CT molecular complexity index is 935. The summed E-state index contributed by atoms with van der Waals surface area (Å²) >= 11 is 1.18. The molecule has 1 saturated heterocycles. The number of aryl methyl sites for hydroxylation is 2. The van der Waals surface area contributed by atoms with Gasteiger partial charge in [-0.3, -0.25) is 4.79 Å². The summed E-state index contributed by atoms with van der Waals surface area (Å²) < 4.78 is 29.0. The van der Waals surface area contributed by atoms with Crippen molar-refractivity contribution in [2.24, 2.45) is 0 Å². The Morgan fingerprint density at radius 1 is 1.26 bits per heavy atom. The quantitative estimate of drug-likeness (QED) is 0.700. The third-order valence-electron chi connectivity index (χ3n) is 4.60. The van der Waals surface area contributed by atoms with Gasteiger partial charge in [-0.2, -0.15) is 0 Å². The summed E-state index contributed by atoms with van der Waals surface area (Å²) in [5.74, 6) is 0.441. The minimum atomic E-state index is -3.03. The average molecular weight is 410 g/mol. The number of thioether (sulfide) groups is 1. The second-order valence-electron chi connectivity index (χ2n) is 7.02. The SMILES string of the molecule is Cc1cc(C)cc(-c2nnc(S[C@H](C)C(=O)N(C)[C@H]3CCS(=O)(=O)C3)o2)c1. The van der Waals surface area contributed by atoms with Crippen molar-refractivity contribution in [1.82, 2.24) is 15.1 Å². The van der Waals surface area contributed by atoms with E-state index in [1.54, 1.807) is 14.0 Å². The first-order valence-corrected chi connectivity index (χ1v) is 11.4. The van der Waals surface area contributed by atoms with Gasteiger partial charge in [0.15, 0.2) is 9.84 Å². The number of nitrogens with zero attached hydrogens (tertiary/aromatic N) is 3. The molecule has 0 aliphatic carbocycles. The van der Waals surface area contributed by atoms with Crippen LogP contribution in [0.3, 0.4) is 0 Å². The van der Waals surface area contributed by atoms with E-state index in [9.17, 15) is 13.2 Å². The molecule has 0 radical (unpaired) electrons. The molecule has 0 saturated carbocycles. The molecule has 3 rings (SSSR count). The average Bonchev–Trinajstić information content (AvgIpc) is 3.19. The van der Waals surface area contributed by atoms with Crippen LogP contribution in [0.15, 0.2) is 27.8 Å². The monoisotopic (exact) mass is 409 g/mol. The lowest BCUT2D eigenvalue weighted by molar-refractivity contribution is -0.130. The molecule has 0 unspecified atom stereocenters. The molecule has 1 amide bonds. The largest absolute Gasteiger partial charge is 0.411 e. The Balaban J connectivity index is 1.67. The summed E-state index contributed by atoms with van der Waals surface area (Å²) in [6.07, 6.45) is 0.485. The molecule has 1 aliphatic rings. The van der Waals surface area contributed by atoms with E-state index in [-0.39, 0.29) is 23.5 Å². The molecule has 2 atom stereocenters. The highest BCUT2D eigenvalue weighted by Gasteiger charge is 2.34. The highest BCUT2D eigenvalue weighted by molar-refractivity contribution is 8.00. The molecule has 1 aromatic heterocycles. The molecule has 27 heavy (non-hydrogen) atoms. The van der Waals surface area contributed by atoms with Gasteiger partial charge in [0.05, 0.1) is 16.8 Å². The second-order valence-corrected chi connectivity index (χ2v) is 10.5. The number of hydrogen-bond donors (Lipinski definition) is 0. The molecule has 1 fully saturated rings. The van der Waals surface area contributed by atoms with Crippen LogP contribution in [-0.4, -0.2) is 59.3 Å². The number of benzene rings is 1. The molecule has 1 aliphatic heterocycles. The van der Waals surface area contributed by atoms with E-state index in [1.165, 1.54) is 16.7 Å². The van der Waals surface area contributed by atoms with E-state index in [2.05, 4.69) is 16.3 Å². The van der Waals surface area contributed by atoms with Gasteiger partial charge in [-0.1, -0.05) is 29.0 Å². The van der Waals surface area contributed by atoms with Crippen molar-refractivity contribution in [3.63, 3.8) is 0 Å². The normalized spacial score (nSPS) is 19.8. The number of aromatic nitrogens is 2. The van der Waals surface area contributed by atoms with Crippen LogP contribution in [0.5, 0.6) is 0 Å². The predicted molar refractivity (Wildman–Crippen MR) is 104 cm³/mol. The van der Waals surface area contributed by atoms with Crippen molar-refractivity contribution < 1.29 is 17.6 Å². The summed E-state index contributed by atoms with van der Waals surface area (Å²) in [7, 11) is -1.38. The van der Waals surface area contributed by atoms with E-state index in [4.69, 9.17) is 4.42 Å². The second kappa shape index (κ2) is 7.63. The van der Waals surface area contributed by atoms with Gasteiger partial charge in [0, 0.05) is 18.7 Å². The maximum absolute atomic E-state index is 12.6. The Morgan fingerprint density at radius 2 is 1.93 bits per heavy atom. The van der Waals surface area contributed by atoms with E-state index in [0.29, 0.717) is 17.5 Å². The van der Waals surface area contributed by atoms with Crippen LogP contribution < -0.4 is 0 Å². The van der Waals surface area contributed by atoms with Gasteiger partial charge in [-0.05, 0) is 39.3 Å². The first kappa shape index (κ1) is 19.9. The van der Waals surface area contributed by atoms with Gasteiger partial charge in [-0.15, -0.1) is 10.2 Å². The maximum atomic E-state index is 12.6. The van der Waals surface area contributed by atoms with E-state index in [1.807, 2.05) is 26.0 Å². The Morgan fingerprint density at radius 3 is 2.52 bits per heavy atom.